The third kappa shape index (κ3) is 1.94. The summed E-state index contributed by atoms with van der Waals surface area (Å²) in [5.74, 6) is 0.792. The molecule has 0 atom stereocenters. The molecular weight excluding hydrogens is 188 g/mol. The third-order valence-electron chi connectivity index (χ3n) is 2.53. The van der Waals surface area contributed by atoms with Crippen LogP contribution in [0.4, 0.5) is 5.95 Å². The highest BCUT2D eigenvalue weighted by atomic mass is 15.1. The Morgan fingerprint density at radius 1 is 1.33 bits per heavy atom. The van der Waals surface area contributed by atoms with Gasteiger partial charge in [0.25, 0.3) is 0 Å². The van der Waals surface area contributed by atoms with Crippen LogP contribution in [-0.4, -0.2) is 23.1 Å². The lowest BCUT2D eigenvalue weighted by Gasteiger charge is -1.97. The summed E-state index contributed by atoms with van der Waals surface area (Å²) in [6.45, 7) is 5.53. The van der Waals surface area contributed by atoms with E-state index >= 15 is 0 Å². The average Bonchev–Trinajstić information content (AvgIpc) is 2.58. The molecule has 2 aromatic rings. The minimum Gasteiger partial charge on any atom is -0.355 e. The van der Waals surface area contributed by atoms with Crippen molar-refractivity contribution >= 4 is 17.0 Å². The van der Waals surface area contributed by atoms with Crippen molar-refractivity contribution in [2.24, 2.45) is 5.73 Å². The first-order valence-electron chi connectivity index (χ1n) is 5.11. The van der Waals surface area contributed by atoms with Gasteiger partial charge >= 0.3 is 0 Å². The van der Waals surface area contributed by atoms with Crippen molar-refractivity contribution in [2.45, 2.75) is 13.8 Å². The SMILES string of the molecule is Cc1cc2nc(NCCN)[nH]c2cc1C. The number of aryl methyl sites for hydroxylation is 2. The van der Waals surface area contributed by atoms with Crippen LogP contribution < -0.4 is 11.1 Å². The number of H-pyrrole nitrogens is 1. The van der Waals surface area contributed by atoms with Crippen LogP contribution in [0.25, 0.3) is 11.0 Å². The predicted octanol–water partition coefficient (Wildman–Crippen LogP) is 1.55. The molecule has 0 bridgehead atoms. The van der Waals surface area contributed by atoms with Gasteiger partial charge in [0.1, 0.15) is 0 Å². The smallest absolute Gasteiger partial charge is 0.201 e. The van der Waals surface area contributed by atoms with Crippen molar-refractivity contribution in [3.05, 3.63) is 23.3 Å². The van der Waals surface area contributed by atoms with E-state index in [1.54, 1.807) is 0 Å². The van der Waals surface area contributed by atoms with E-state index in [2.05, 4.69) is 41.3 Å². The molecule has 4 heteroatoms. The van der Waals surface area contributed by atoms with Crippen LogP contribution in [0.15, 0.2) is 12.1 Å². The van der Waals surface area contributed by atoms with Crippen molar-refractivity contribution in [1.82, 2.24) is 9.97 Å². The first-order chi connectivity index (χ1) is 7.20. The summed E-state index contributed by atoms with van der Waals surface area (Å²) < 4.78 is 0. The van der Waals surface area contributed by atoms with Crippen LogP contribution >= 0.6 is 0 Å². The van der Waals surface area contributed by atoms with E-state index in [0.717, 1.165) is 23.5 Å². The number of benzene rings is 1. The zero-order valence-corrected chi connectivity index (χ0v) is 9.09. The van der Waals surface area contributed by atoms with Gasteiger partial charge in [0.2, 0.25) is 5.95 Å². The fourth-order valence-corrected chi connectivity index (χ4v) is 1.54. The lowest BCUT2D eigenvalue weighted by atomic mass is 10.1. The number of rotatable bonds is 3. The third-order valence-corrected chi connectivity index (χ3v) is 2.53. The molecule has 0 saturated carbocycles. The number of nitrogens with zero attached hydrogens (tertiary/aromatic N) is 1. The zero-order chi connectivity index (χ0) is 10.8. The molecule has 15 heavy (non-hydrogen) atoms. The van der Waals surface area contributed by atoms with E-state index in [1.807, 2.05) is 0 Å². The molecule has 1 aromatic heterocycles. The van der Waals surface area contributed by atoms with E-state index in [4.69, 9.17) is 5.73 Å². The molecule has 1 aromatic carbocycles. The molecule has 4 nitrogen and oxygen atoms in total. The molecule has 0 radical (unpaired) electrons. The van der Waals surface area contributed by atoms with Gasteiger partial charge in [0.05, 0.1) is 11.0 Å². The Balaban J connectivity index is 2.38. The van der Waals surface area contributed by atoms with E-state index in [0.29, 0.717) is 6.54 Å². The highest BCUT2D eigenvalue weighted by molar-refractivity contribution is 5.79. The molecule has 1 heterocycles. The number of aromatic nitrogens is 2. The monoisotopic (exact) mass is 204 g/mol. The molecule has 0 aliphatic heterocycles. The summed E-state index contributed by atoms with van der Waals surface area (Å²) in [5, 5.41) is 3.13. The van der Waals surface area contributed by atoms with Gasteiger partial charge in [-0.25, -0.2) is 4.98 Å². The molecule has 0 saturated heterocycles. The van der Waals surface area contributed by atoms with Gasteiger partial charge in [-0.15, -0.1) is 0 Å². The summed E-state index contributed by atoms with van der Waals surface area (Å²) in [6.07, 6.45) is 0. The van der Waals surface area contributed by atoms with Gasteiger partial charge in [0.15, 0.2) is 0 Å². The van der Waals surface area contributed by atoms with E-state index < -0.39 is 0 Å². The molecule has 0 amide bonds. The highest BCUT2D eigenvalue weighted by Gasteiger charge is 2.03. The number of fused-ring (bicyclic) bond motifs is 1. The maximum atomic E-state index is 5.41. The van der Waals surface area contributed by atoms with Gasteiger partial charge in [-0.05, 0) is 37.1 Å². The molecule has 0 unspecified atom stereocenters. The van der Waals surface area contributed by atoms with Gasteiger partial charge in [0, 0.05) is 13.1 Å². The Hall–Kier alpha value is -1.55. The highest BCUT2D eigenvalue weighted by Crippen LogP contribution is 2.18. The van der Waals surface area contributed by atoms with Crippen molar-refractivity contribution in [3.63, 3.8) is 0 Å². The number of nitrogens with two attached hydrogens (primary N) is 1. The topological polar surface area (TPSA) is 66.7 Å². The normalized spacial score (nSPS) is 10.9. The van der Waals surface area contributed by atoms with Gasteiger partial charge in [-0.2, -0.15) is 0 Å². The van der Waals surface area contributed by atoms with Crippen LogP contribution in [0, 0.1) is 13.8 Å². The number of anilines is 1. The number of hydrogen-bond acceptors (Lipinski definition) is 3. The molecule has 0 aliphatic carbocycles. The van der Waals surface area contributed by atoms with Gasteiger partial charge in [-0.3, -0.25) is 0 Å². The number of aromatic amines is 1. The number of imidazole rings is 1. The largest absolute Gasteiger partial charge is 0.355 e. The van der Waals surface area contributed by atoms with Crippen LogP contribution in [-0.2, 0) is 0 Å². The zero-order valence-electron chi connectivity index (χ0n) is 9.09. The van der Waals surface area contributed by atoms with Crippen LogP contribution in [0.1, 0.15) is 11.1 Å². The average molecular weight is 204 g/mol. The van der Waals surface area contributed by atoms with Crippen LogP contribution in [0.2, 0.25) is 0 Å². The summed E-state index contributed by atoms with van der Waals surface area (Å²) in [5.41, 5.74) is 10.0. The van der Waals surface area contributed by atoms with Gasteiger partial charge in [-0.1, -0.05) is 0 Å². The minimum absolute atomic E-state index is 0.606. The lowest BCUT2D eigenvalue weighted by Crippen LogP contribution is -2.13. The second-order valence-electron chi connectivity index (χ2n) is 3.75. The van der Waals surface area contributed by atoms with Crippen molar-refractivity contribution in [1.29, 1.82) is 0 Å². The fraction of sp³-hybridized carbons (Fsp3) is 0.364. The summed E-state index contributed by atoms with van der Waals surface area (Å²) in [7, 11) is 0. The summed E-state index contributed by atoms with van der Waals surface area (Å²) in [4.78, 5) is 7.65. The molecule has 0 spiro atoms. The molecule has 0 fully saturated rings. The Labute approximate surface area is 88.9 Å². The maximum Gasteiger partial charge on any atom is 0.201 e. The Kier molecular flexibility index (Phi) is 2.60. The number of nitrogens with one attached hydrogen (secondary N) is 2. The molecule has 0 aliphatic rings. The fourth-order valence-electron chi connectivity index (χ4n) is 1.54. The van der Waals surface area contributed by atoms with Crippen LogP contribution in [0.3, 0.4) is 0 Å². The summed E-state index contributed by atoms with van der Waals surface area (Å²) in [6, 6.07) is 4.21. The van der Waals surface area contributed by atoms with Crippen molar-refractivity contribution in [2.75, 3.05) is 18.4 Å². The van der Waals surface area contributed by atoms with Gasteiger partial charge < -0.3 is 16.0 Å². The predicted molar refractivity (Wildman–Crippen MR) is 63.1 cm³/mol. The van der Waals surface area contributed by atoms with E-state index in [1.165, 1.54) is 11.1 Å². The summed E-state index contributed by atoms with van der Waals surface area (Å²) >= 11 is 0. The quantitative estimate of drug-likeness (QED) is 0.710. The molecule has 80 valence electrons. The van der Waals surface area contributed by atoms with Crippen molar-refractivity contribution < 1.29 is 0 Å². The van der Waals surface area contributed by atoms with Crippen LogP contribution in [0.5, 0.6) is 0 Å². The Bertz CT molecular complexity index is 434. The van der Waals surface area contributed by atoms with Crippen molar-refractivity contribution in [3.8, 4) is 0 Å². The first kappa shape index (κ1) is 9.98. The minimum atomic E-state index is 0.606. The Morgan fingerprint density at radius 2 is 2.07 bits per heavy atom. The van der Waals surface area contributed by atoms with E-state index in [-0.39, 0.29) is 0 Å². The van der Waals surface area contributed by atoms with E-state index in [9.17, 15) is 0 Å². The standard InChI is InChI=1S/C11H16N4/c1-7-5-9-10(6-8(7)2)15-11(14-9)13-4-3-12/h5-6H,3-4,12H2,1-2H3,(H2,13,14,15). The first-order valence-corrected chi connectivity index (χ1v) is 5.11. The molecule has 4 N–H and O–H groups in total. The Morgan fingerprint density at radius 3 is 2.80 bits per heavy atom. The molecule has 2 rings (SSSR count). The lowest BCUT2D eigenvalue weighted by molar-refractivity contribution is 1.00. The maximum absolute atomic E-state index is 5.41. The second-order valence-corrected chi connectivity index (χ2v) is 3.75. The number of hydrogen-bond donors (Lipinski definition) is 3. The second kappa shape index (κ2) is 3.90. The molecular formula is C11H16N4.